The van der Waals surface area contributed by atoms with Crippen molar-refractivity contribution in [3.8, 4) is 0 Å². The Labute approximate surface area is 65.3 Å². The van der Waals surface area contributed by atoms with Gasteiger partial charge in [-0.25, -0.2) is 10.2 Å². The second-order valence-electron chi connectivity index (χ2n) is 2.14. The molecule has 0 atom stereocenters. The Morgan fingerprint density at radius 1 is 1.36 bits per heavy atom. The van der Waals surface area contributed by atoms with Gasteiger partial charge in [0, 0.05) is 6.42 Å². The van der Waals surface area contributed by atoms with Crippen LogP contribution in [0.3, 0.4) is 0 Å². The number of nitrogens with one attached hydrogen (secondary N) is 2. The monoisotopic (exact) mass is 159 g/mol. The van der Waals surface area contributed by atoms with Crippen LogP contribution in [0.25, 0.3) is 0 Å². The lowest BCUT2D eigenvalue weighted by Gasteiger charge is -2.02. The highest BCUT2D eigenvalue weighted by molar-refractivity contribution is 5.80. The van der Waals surface area contributed by atoms with Crippen LogP contribution in [0.1, 0.15) is 26.2 Å². The first-order valence-corrected chi connectivity index (χ1v) is 3.51. The van der Waals surface area contributed by atoms with Crippen molar-refractivity contribution in [2.24, 2.45) is 5.73 Å². The van der Waals surface area contributed by atoms with Gasteiger partial charge >= 0.3 is 6.03 Å². The molecule has 0 heterocycles. The van der Waals surface area contributed by atoms with E-state index in [4.69, 9.17) is 5.73 Å². The van der Waals surface area contributed by atoms with Crippen LogP contribution in [0.4, 0.5) is 4.79 Å². The molecule has 0 aliphatic rings. The number of rotatable bonds is 3. The predicted octanol–water partition coefficient (Wildman–Crippen LogP) is -0.124. The summed E-state index contributed by atoms with van der Waals surface area (Å²) in [6.07, 6.45) is 2.17. The summed E-state index contributed by atoms with van der Waals surface area (Å²) < 4.78 is 0. The van der Waals surface area contributed by atoms with Gasteiger partial charge < -0.3 is 5.73 Å². The summed E-state index contributed by atoms with van der Waals surface area (Å²) in [6.45, 7) is 1.98. The van der Waals surface area contributed by atoms with Crippen LogP contribution >= 0.6 is 0 Å². The molecule has 0 saturated heterocycles. The van der Waals surface area contributed by atoms with Crippen molar-refractivity contribution in [1.82, 2.24) is 10.9 Å². The zero-order valence-corrected chi connectivity index (χ0v) is 6.52. The number of carbonyl (C=O) groups excluding carboxylic acids is 2. The molecule has 3 amide bonds. The van der Waals surface area contributed by atoms with Crippen LogP contribution < -0.4 is 16.6 Å². The maximum Gasteiger partial charge on any atom is 0.330 e. The smallest absolute Gasteiger partial charge is 0.330 e. The minimum absolute atomic E-state index is 0.217. The Hall–Kier alpha value is -1.26. The quantitative estimate of drug-likeness (QED) is 0.501. The molecule has 0 aromatic carbocycles. The molecule has 0 radical (unpaired) electrons. The van der Waals surface area contributed by atoms with Crippen molar-refractivity contribution in [2.75, 3.05) is 0 Å². The van der Waals surface area contributed by atoms with Gasteiger partial charge in [-0.1, -0.05) is 13.3 Å². The fourth-order valence-electron chi connectivity index (χ4n) is 0.531. The van der Waals surface area contributed by atoms with Crippen LogP contribution in [0, 0.1) is 0 Å². The Balaban J connectivity index is 3.30. The number of nitrogens with two attached hydrogens (primary N) is 1. The molecule has 0 bridgehead atoms. The van der Waals surface area contributed by atoms with Crippen molar-refractivity contribution < 1.29 is 9.59 Å². The van der Waals surface area contributed by atoms with Crippen LogP contribution in [-0.2, 0) is 4.79 Å². The summed E-state index contributed by atoms with van der Waals surface area (Å²) in [7, 11) is 0. The van der Waals surface area contributed by atoms with Crippen molar-refractivity contribution in [3.05, 3.63) is 0 Å². The highest BCUT2D eigenvalue weighted by Crippen LogP contribution is 1.91. The number of hydrazine groups is 1. The molecule has 5 heteroatoms. The number of hydrogen-bond acceptors (Lipinski definition) is 2. The number of carbonyl (C=O) groups is 2. The highest BCUT2D eigenvalue weighted by Gasteiger charge is 1.98. The molecule has 0 aromatic rings. The largest absolute Gasteiger partial charge is 0.350 e. The number of urea groups is 1. The lowest BCUT2D eigenvalue weighted by atomic mass is 10.2. The standard InChI is InChI=1S/C6H13N3O2/c1-2-3-4-5(10)8-9-6(7)11/h2-4H2,1H3,(H,8,10)(H3,7,9,11). The van der Waals surface area contributed by atoms with E-state index in [-0.39, 0.29) is 5.91 Å². The molecule has 5 nitrogen and oxygen atoms in total. The summed E-state index contributed by atoms with van der Waals surface area (Å²) in [5, 5.41) is 0. The number of hydrogen-bond donors (Lipinski definition) is 3. The molecule has 4 N–H and O–H groups in total. The van der Waals surface area contributed by atoms with Crippen LogP contribution in [0.15, 0.2) is 0 Å². The normalized spacial score (nSPS) is 8.82. The Kier molecular flexibility index (Phi) is 4.89. The van der Waals surface area contributed by atoms with Gasteiger partial charge in [0.2, 0.25) is 5.91 Å². The minimum atomic E-state index is -0.755. The zero-order valence-electron chi connectivity index (χ0n) is 6.52. The van der Waals surface area contributed by atoms with Gasteiger partial charge in [0.1, 0.15) is 0 Å². The zero-order chi connectivity index (χ0) is 8.69. The number of amides is 3. The third-order valence-electron chi connectivity index (χ3n) is 1.08. The SMILES string of the molecule is CCCCC(=O)NNC(N)=O. The molecule has 0 fully saturated rings. The fraction of sp³-hybridized carbons (Fsp3) is 0.667. The predicted molar refractivity (Wildman–Crippen MR) is 40.4 cm³/mol. The fourth-order valence-corrected chi connectivity index (χ4v) is 0.531. The van der Waals surface area contributed by atoms with Crippen molar-refractivity contribution in [3.63, 3.8) is 0 Å². The number of unbranched alkanes of at least 4 members (excludes halogenated alkanes) is 1. The maximum atomic E-state index is 10.7. The first-order valence-electron chi connectivity index (χ1n) is 3.51. The molecule has 0 spiro atoms. The Morgan fingerprint density at radius 3 is 2.45 bits per heavy atom. The van der Waals surface area contributed by atoms with Crippen molar-refractivity contribution in [1.29, 1.82) is 0 Å². The second kappa shape index (κ2) is 5.52. The van der Waals surface area contributed by atoms with Crippen LogP contribution in [0.5, 0.6) is 0 Å². The van der Waals surface area contributed by atoms with Crippen molar-refractivity contribution >= 4 is 11.9 Å². The van der Waals surface area contributed by atoms with E-state index < -0.39 is 6.03 Å². The van der Waals surface area contributed by atoms with Crippen LogP contribution in [-0.4, -0.2) is 11.9 Å². The first-order chi connectivity index (χ1) is 5.16. The average Bonchev–Trinajstić information content (AvgIpc) is 1.97. The van der Waals surface area contributed by atoms with Gasteiger partial charge in [-0.2, -0.15) is 0 Å². The first kappa shape index (κ1) is 9.74. The summed E-state index contributed by atoms with van der Waals surface area (Å²) in [6, 6.07) is -0.755. The molecule has 64 valence electrons. The highest BCUT2D eigenvalue weighted by atomic mass is 16.2. The molecule has 0 rings (SSSR count). The van der Waals surface area contributed by atoms with Gasteiger partial charge in [-0.15, -0.1) is 0 Å². The summed E-state index contributed by atoms with van der Waals surface area (Å²) in [5.74, 6) is -0.217. The van der Waals surface area contributed by atoms with E-state index in [2.05, 4.69) is 5.43 Å². The van der Waals surface area contributed by atoms with Gasteiger partial charge in [0.25, 0.3) is 0 Å². The Morgan fingerprint density at radius 2 is 2.00 bits per heavy atom. The van der Waals surface area contributed by atoms with E-state index in [9.17, 15) is 9.59 Å². The van der Waals surface area contributed by atoms with Gasteiger partial charge in [-0.05, 0) is 6.42 Å². The molecule has 0 unspecified atom stereocenters. The second-order valence-corrected chi connectivity index (χ2v) is 2.14. The molecular weight excluding hydrogens is 146 g/mol. The maximum absolute atomic E-state index is 10.7. The van der Waals surface area contributed by atoms with Gasteiger partial charge in [0.05, 0.1) is 0 Å². The van der Waals surface area contributed by atoms with E-state index in [1.165, 1.54) is 0 Å². The summed E-state index contributed by atoms with van der Waals surface area (Å²) in [5.41, 5.74) is 8.85. The average molecular weight is 159 g/mol. The van der Waals surface area contributed by atoms with Crippen LogP contribution in [0.2, 0.25) is 0 Å². The minimum Gasteiger partial charge on any atom is -0.350 e. The van der Waals surface area contributed by atoms with E-state index >= 15 is 0 Å². The topological polar surface area (TPSA) is 84.2 Å². The molecular formula is C6H13N3O2. The third kappa shape index (κ3) is 6.63. The van der Waals surface area contributed by atoms with E-state index in [1.54, 1.807) is 0 Å². The lowest BCUT2D eigenvalue weighted by molar-refractivity contribution is -0.121. The molecule has 0 aromatic heterocycles. The van der Waals surface area contributed by atoms with Gasteiger partial charge in [-0.3, -0.25) is 10.2 Å². The van der Waals surface area contributed by atoms with E-state index in [1.807, 2.05) is 12.3 Å². The molecule has 0 saturated carbocycles. The van der Waals surface area contributed by atoms with Crippen molar-refractivity contribution in [2.45, 2.75) is 26.2 Å². The molecule has 0 aliphatic carbocycles. The Bertz CT molecular complexity index is 147. The van der Waals surface area contributed by atoms with Gasteiger partial charge in [0.15, 0.2) is 0 Å². The van der Waals surface area contributed by atoms with E-state index in [0.717, 1.165) is 12.8 Å². The molecule has 0 aliphatic heterocycles. The molecule has 11 heavy (non-hydrogen) atoms. The third-order valence-corrected chi connectivity index (χ3v) is 1.08. The number of primary amides is 1. The van der Waals surface area contributed by atoms with E-state index in [0.29, 0.717) is 6.42 Å². The summed E-state index contributed by atoms with van der Waals surface area (Å²) in [4.78, 5) is 20.8. The summed E-state index contributed by atoms with van der Waals surface area (Å²) >= 11 is 0. The lowest BCUT2D eigenvalue weighted by Crippen LogP contribution is -2.44.